The molecule has 1 saturated heterocycles. The normalized spacial score (nSPS) is 17.9. The Morgan fingerprint density at radius 3 is 2.61 bits per heavy atom. The Hall–Kier alpha value is -2.55. The van der Waals surface area contributed by atoms with Gasteiger partial charge in [0.15, 0.2) is 5.11 Å². The summed E-state index contributed by atoms with van der Waals surface area (Å²) in [5.41, 5.74) is 3.70. The van der Waals surface area contributed by atoms with Crippen molar-refractivity contribution in [1.82, 2.24) is 10.3 Å². The van der Waals surface area contributed by atoms with Gasteiger partial charge in [-0.2, -0.15) is 0 Å². The number of nitrogens with zero attached hydrogens (tertiary/aromatic N) is 2. The van der Waals surface area contributed by atoms with Crippen molar-refractivity contribution in [2.75, 3.05) is 4.90 Å². The molecule has 1 aliphatic heterocycles. The maximum atomic E-state index is 13.6. The Bertz CT molecular complexity index is 1340. The monoisotopic (exact) mass is 585 g/mol. The summed E-state index contributed by atoms with van der Waals surface area (Å²) in [4.78, 5) is 6.64. The molecule has 2 atom stereocenters. The van der Waals surface area contributed by atoms with Crippen LogP contribution in [0.25, 0.3) is 11.3 Å². The van der Waals surface area contributed by atoms with Crippen LogP contribution in [0.2, 0.25) is 0 Å². The van der Waals surface area contributed by atoms with Crippen LogP contribution in [0.15, 0.2) is 86.3 Å². The SMILES string of the molecule is Cc1cc(N2C(=S)N[C@@H](c3ccccn3)[C@@H]2c2ccc(-c3ccc(F)cc3Br)o2)ccc1Br. The first-order valence-corrected chi connectivity index (χ1v) is 12.2. The predicted molar refractivity (Wildman–Crippen MR) is 139 cm³/mol. The predicted octanol–water partition coefficient (Wildman–Crippen LogP) is 7.49. The second-order valence-corrected chi connectivity index (χ2v) is 9.85. The molecule has 0 saturated carbocycles. The van der Waals surface area contributed by atoms with Gasteiger partial charge in [-0.1, -0.05) is 22.0 Å². The van der Waals surface area contributed by atoms with E-state index in [-0.39, 0.29) is 17.9 Å². The minimum Gasteiger partial charge on any atom is -0.459 e. The molecule has 166 valence electrons. The molecule has 2 aromatic carbocycles. The Morgan fingerprint density at radius 1 is 1.03 bits per heavy atom. The van der Waals surface area contributed by atoms with Crippen LogP contribution in [-0.2, 0) is 0 Å². The maximum absolute atomic E-state index is 13.6. The van der Waals surface area contributed by atoms with E-state index >= 15 is 0 Å². The van der Waals surface area contributed by atoms with Crippen molar-refractivity contribution in [2.24, 2.45) is 0 Å². The number of pyridine rings is 1. The lowest BCUT2D eigenvalue weighted by atomic mass is 10.0. The molecule has 0 spiro atoms. The van der Waals surface area contributed by atoms with Crippen LogP contribution in [0.4, 0.5) is 10.1 Å². The van der Waals surface area contributed by atoms with Gasteiger partial charge in [0.2, 0.25) is 0 Å². The summed E-state index contributed by atoms with van der Waals surface area (Å²) in [7, 11) is 0. The smallest absolute Gasteiger partial charge is 0.174 e. The summed E-state index contributed by atoms with van der Waals surface area (Å²) in [5.74, 6) is 1.06. The number of aryl methyl sites for hydroxylation is 1. The molecule has 0 amide bonds. The molecule has 0 bridgehead atoms. The first kappa shape index (κ1) is 22.3. The summed E-state index contributed by atoms with van der Waals surface area (Å²) >= 11 is 12.8. The van der Waals surface area contributed by atoms with Crippen LogP contribution in [0.5, 0.6) is 0 Å². The quantitative estimate of drug-likeness (QED) is 0.251. The molecular formula is C25H18Br2FN3OS. The van der Waals surface area contributed by atoms with Crippen molar-refractivity contribution in [3.8, 4) is 11.3 Å². The largest absolute Gasteiger partial charge is 0.459 e. The molecule has 4 nitrogen and oxygen atoms in total. The van der Waals surface area contributed by atoms with Gasteiger partial charge in [-0.05, 0) is 101 Å². The number of hydrogen-bond acceptors (Lipinski definition) is 3. The number of hydrogen-bond donors (Lipinski definition) is 1. The highest BCUT2D eigenvalue weighted by Crippen LogP contribution is 2.44. The molecule has 1 fully saturated rings. The summed E-state index contributed by atoms with van der Waals surface area (Å²) in [6.45, 7) is 2.04. The number of halogens is 3. The minimum absolute atomic E-state index is 0.210. The number of anilines is 1. The molecule has 4 aromatic rings. The van der Waals surface area contributed by atoms with E-state index < -0.39 is 0 Å². The Balaban J connectivity index is 1.61. The zero-order valence-electron chi connectivity index (χ0n) is 17.4. The van der Waals surface area contributed by atoms with E-state index in [1.165, 1.54) is 12.1 Å². The first-order chi connectivity index (χ1) is 15.9. The highest BCUT2D eigenvalue weighted by Gasteiger charge is 2.42. The second kappa shape index (κ2) is 9.00. The maximum Gasteiger partial charge on any atom is 0.174 e. The van der Waals surface area contributed by atoms with Gasteiger partial charge in [0.1, 0.15) is 23.4 Å². The topological polar surface area (TPSA) is 41.3 Å². The number of thiocarbonyl (C=S) groups is 1. The Labute approximate surface area is 213 Å². The molecule has 0 aliphatic carbocycles. The molecule has 1 N–H and O–H groups in total. The third-order valence-electron chi connectivity index (χ3n) is 5.63. The van der Waals surface area contributed by atoms with Crippen LogP contribution in [0.3, 0.4) is 0 Å². The number of aromatic nitrogens is 1. The van der Waals surface area contributed by atoms with Crippen LogP contribution in [-0.4, -0.2) is 10.1 Å². The fraction of sp³-hybridized carbons (Fsp3) is 0.120. The van der Waals surface area contributed by atoms with E-state index in [0.717, 1.165) is 32.7 Å². The van der Waals surface area contributed by atoms with E-state index in [1.54, 1.807) is 12.3 Å². The number of nitrogens with one attached hydrogen (secondary N) is 1. The van der Waals surface area contributed by atoms with Crippen LogP contribution >= 0.6 is 44.1 Å². The van der Waals surface area contributed by atoms with Crippen molar-refractivity contribution in [2.45, 2.75) is 19.0 Å². The Morgan fingerprint density at radius 2 is 1.88 bits per heavy atom. The zero-order chi connectivity index (χ0) is 23.1. The zero-order valence-corrected chi connectivity index (χ0v) is 21.4. The van der Waals surface area contributed by atoms with Crippen molar-refractivity contribution < 1.29 is 8.81 Å². The average Bonchev–Trinajstić information content (AvgIpc) is 3.41. The molecule has 8 heteroatoms. The molecular weight excluding hydrogens is 569 g/mol. The van der Waals surface area contributed by atoms with E-state index in [2.05, 4.69) is 53.1 Å². The standard InChI is InChI=1S/C25H18Br2FN3OS/c1-14-12-16(6-8-18(14)26)31-24(23(30-25(31)33)20-4-2-3-11-29-20)22-10-9-21(32-22)17-7-5-15(28)13-19(17)27/h2-13,23-24H,1H3,(H,30,33)/t23-,24-/m0/s1. The second-order valence-electron chi connectivity index (χ2n) is 7.76. The molecule has 1 aliphatic rings. The average molecular weight is 587 g/mol. The summed E-state index contributed by atoms with van der Waals surface area (Å²) < 4.78 is 21.6. The van der Waals surface area contributed by atoms with Gasteiger partial charge in [-0.15, -0.1) is 0 Å². The third-order valence-corrected chi connectivity index (χ3v) is 7.49. The fourth-order valence-corrected chi connectivity index (χ4v) is 5.19. The molecule has 33 heavy (non-hydrogen) atoms. The molecule has 0 radical (unpaired) electrons. The van der Waals surface area contributed by atoms with Crippen LogP contribution in [0.1, 0.15) is 29.1 Å². The third kappa shape index (κ3) is 4.23. The highest BCUT2D eigenvalue weighted by atomic mass is 79.9. The lowest BCUT2D eigenvalue weighted by Crippen LogP contribution is -2.29. The molecule has 5 rings (SSSR count). The first-order valence-electron chi connectivity index (χ1n) is 10.2. The van der Waals surface area contributed by atoms with E-state index in [1.807, 2.05) is 49.4 Å². The summed E-state index contributed by atoms with van der Waals surface area (Å²) in [6, 6.07) is 19.9. The van der Waals surface area contributed by atoms with Crippen LogP contribution in [0, 0.1) is 12.7 Å². The Kier molecular flexibility index (Phi) is 6.07. The van der Waals surface area contributed by atoms with Gasteiger partial charge in [0.25, 0.3) is 0 Å². The summed E-state index contributed by atoms with van der Waals surface area (Å²) in [5, 5.41) is 4.03. The van der Waals surface area contributed by atoms with Gasteiger partial charge in [-0.25, -0.2) is 4.39 Å². The molecule has 2 aromatic heterocycles. The van der Waals surface area contributed by atoms with Crippen LogP contribution < -0.4 is 10.2 Å². The number of benzene rings is 2. The van der Waals surface area contributed by atoms with Gasteiger partial charge < -0.3 is 14.6 Å². The van der Waals surface area contributed by atoms with Crippen molar-refractivity contribution in [1.29, 1.82) is 0 Å². The lowest BCUT2D eigenvalue weighted by molar-refractivity contribution is 0.439. The highest BCUT2D eigenvalue weighted by molar-refractivity contribution is 9.10. The number of furan rings is 1. The van der Waals surface area contributed by atoms with Crippen molar-refractivity contribution >= 4 is 54.9 Å². The fourth-order valence-electron chi connectivity index (χ4n) is 4.05. The molecule has 3 heterocycles. The van der Waals surface area contributed by atoms with Gasteiger partial charge in [0, 0.05) is 26.4 Å². The van der Waals surface area contributed by atoms with Crippen molar-refractivity contribution in [3.05, 3.63) is 105 Å². The van der Waals surface area contributed by atoms with E-state index in [9.17, 15) is 4.39 Å². The summed E-state index contributed by atoms with van der Waals surface area (Å²) in [6.07, 6.45) is 1.77. The minimum atomic E-state index is -0.310. The van der Waals surface area contributed by atoms with E-state index in [4.69, 9.17) is 16.6 Å². The van der Waals surface area contributed by atoms with E-state index in [0.29, 0.717) is 15.3 Å². The van der Waals surface area contributed by atoms with Crippen molar-refractivity contribution in [3.63, 3.8) is 0 Å². The van der Waals surface area contributed by atoms with Gasteiger partial charge in [0.05, 0.1) is 11.7 Å². The lowest BCUT2D eigenvalue weighted by Gasteiger charge is -2.26. The molecule has 0 unspecified atom stereocenters. The van der Waals surface area contributed by atoms with Gasteiger partial charge in [-0.3, -0.25) is 4.98 Å². The number of rotatable bonds is 4. The van der Waals surface area contributed by atoms with Gasteiger partial charge >= 0.3 is 0 Å².